The molecule has 0 radical (unpaired) electrons. The fourth-order valence-corrected chi connectivity index (χ4v) is 2.20. The summed E-state index contributed by atoms with van der Waals surface area (Å²) < 4.78 is 10.8. The maximum Gasteiger partial charge on any atom is 0.266 e. The Morgan fingerprint density at radius 3 is 2.81 bits per heavy atom. The molecule has 2 rings (SSSR count). The van der Waals surface area contributed by atoms with E-state index >= 15 is 0 Å². The highest BCUT2D eigenvalue weighted by molar-refractivity contribution is 7.15. The number of aromatic nitrogens is 2. The quantitative estimate of drug-likeness (QED) is 0.850. The van der Waals surface area contributed by atoms with Crippen LogP contribution in [0.2, 0.25) is 0 Å². The lowest BCUT2D eigenvalue weighted by atomic mass is 10.3. The van der Waals surface area contributed by atoms with Crippen molar-refractivity contribution < 1.29 is 14.3 Å². The molecular formula is C14H17N3O3S. The van der Waals surface area contributed by atoms with Gasteiger partial charge < -0.3 is 9.47 Å². The van der Waals surface area contributed by atoms with Crippen molar-refractivity contribution in [3.05, 3.63) is 35.3 Å². The van der Waals surface area contributed by atoms with Crippen LogP contribution in [0.4, 0.5) is 5.13 Å². The van der Waals surface area contributed by atoms with Crippen LogP contribution in [0.3, 0.4) is 0 Å². The first-order chi connectivity index (χ1) is 10.2. The summed E-state index contributed by atoms with van der Waals surface area (Å²) in [6.45, 7) is 4.61. The third-order valence-corrected chi connectivity index (χ3v) is 3.36. The molecule has 1 N–H and O–H groups in total. The van der Waals surface area contributed by atoms with Gasteiger partial charge in [0.05, 0.1) is 0 Å². The van der Waals surface area contributed by atoms with Crippen molar-refractivity contribution in [2.45, 2.75) is 26.6 Å². The second kappa shape index (κ2) is 7.70. The zero-order valence-corrected chi connectivity index (χ0v) is 12.7. The summed E-state index contributed by atoms with van der Waals surface area (Å²) in [6.07, 6.45) is -0.619. The van der Waals surface area contributed by atoms with Gasteiger partial charge in [-0.1, -0.05) is 29.5 Å². The van der Waals surface area contributed by atoms with Crippen molar-refractivity contribution in [2.75, 3.05) is 11.9 Å². The van der Waals surface area contributed by atoms with Gasteiger partial charge in [-0.15, -0.1) is 10.2 Å². The van der Waals surface area contributed by atoms with Crippen molar-refractivity contribution >= 4 is 22.4 Å². The number of amides is 1. The van der Waals surface area contributed by atoms with E-state index in [1.807, 2.05) is 25.1 Å². The Morgan fingerprint density at radius 1 is 1.33 bits per heavy atom. The van der Waals surface area contributed by atoms with Crippen molar-refractivity contribution in [1.82, 2.24) is 10.2 Å². The molecule has 0 aliphatic rings. The second-order valence-electron chi connectivity index (χ2n) is 4.20. The Kier molecular flexibility index (Phi) is 5.65. The van der Waals surface area contributed by atoms with Gasteiger partial charge in [-0.2, -0.15) is 0 Å². The summed E-state index contributed by atoms with van der Waals surface area (Å²) >= 11 is 1.29. The molecule has 1 atom stereocenters. The molecule has 0 unspecified atom stereocenters. The van der Waals surface area contributed by atoms with Gasteiger partial charge in [-0.25, -0.2) is 0 Å². The molecule has 1 heterocycles. The van der Waals surface area contributed by atoms with Gasteiger partial charge in [0.15, 0.2) is 6.10 Å². The van der Waals surface area contributed by atoms with Crippen LogP contribution in [-0.2, 0) is 16.1 Å². The van der Waals surface area contributed by atoms with E-state index in [2.05, 4.69) is 15.5 Å². The standard InChI is InChI=1S/C14H17N3O3S/c1-3-19-9-12-16-17-14(21-12)15-13(18)10(2)20-11-7-5-4-6-8-11/h4-8,10H,3,9H2,1-2H3,(H,15,17,18)/t10-/m1/s1. The molecule has 0 aliphatic heterocycles. The molecule has 6 nitrogen and oxygen atoms in total. The molecule has 112 valence electrons. The number of ether oxygens (including phenoxy) is 2. The van der Waals surface area contributed by atoms with E-state index < -0.39 is 6.10 Å². The van der Waals surface area contributed by atoms with Crippen LogP contribution in [0.25, 0.3) is 0 Å². The van der Waals surface area contributed by atoms with Crippen molar-refractivity contribution in [3.63, 3.8) is 0 Å². The van der Waals surface area contributed by atoms with Gasteiger partial charge in [0, 0.05) is 6.61 Å². The number of hydrogen-bond donors (Lipinski definition) is 1. The second-order valence-corrected chi connectivity index (χ2v) is 5.26. The van der Waals surface area contributed by atoms with Gasteiger partial charge in [-0.05, 0) is 26.0 Å². The van der Waals surface area contributed by atoms with Crippen molar-refractivity contribution in [1.29, 1.82) is 0 Å². The molecule has 7 heteroatoms. The summed E-state index contributed by atoms with van der Waals surface area (Å²) in [6, 6.07) is 9.19. The van der Waals surface area contributed by atoms with Gasteiger partial charge >= 0.3 is 0 Å². The number of benzene rings is 1. The molecule has 1 aromatic heterocycles. The summed E-state index contributed by atoms with van der Waals surface area (Å²) in [5.41, 5.74) is 0. The van der Waals surface area contributed by atoms with Crippen LogP contribution < -0.4 is 10.1 Å². The van der Waals surface area contributed by atoms with Crippen LogP contribution >= 0.6 is 11.3 Å². The number of nitrogens with zero attached hydrogens (tertiary/aromatic N) is 2. The fraction of sp³-hybridized carbons (Fsp3) is 0.357. The van der Waals surface area contributed by atoms with Gasteiger partial charge in [0.25, 0.3) is 5.91 Å². The lowest BCUT2D eigenvalue weighted by molar-refractivity contribution is -0.122. The minimum Gasteiger partial charge on any atom is -0.481 e. The third kappa shape index (κ3) is 4.80. The molecule has 1 aromatic carbocycles. The Morgan fingerprint density at radius 2 is 2.10 bits per heavy atom. The molecule has 0 fully saturated rings. The van der Waals surface area contributed by atoms with Crippen LogP contribution in [0.15, 0.2) is 30.3 Å². The van der Waals surface area contributed by atoms with Crippen molar-refractivity contribution in [2.24, 2.45) is 0 Å². The largest absolute Gasteiger partial charge is 0.481 e. The van der Waals surface area contributed by atoms with Gasteiger partial charge in [-0.3, -0.25) is 10.1 Å². The van der Waals surface area contributed by atoms with Crippen molar-refractivity contribution in [3.8, 4) is 5.75 Å². The van der Waals surface area contributed by atoms with E-state index in [0.29, 0.717) is 24.1 Å². The highest BCUT2D eigenvalue weighted by atomic mass is 32.1. The summed E-state index contributed by atoms with van der Waals surface area (Å²) in [7, 11) is 0. The predicted molar refractivity (Wildman–Crippen MR) is 80.4 cm³/mol. The van der Waals surface area contributed by atoms with E-state index in [0.717, 1.165) is 5.01 Å². The monoisotopic (exact) mass is 307 g/mol. The van der Waals surface area contributed by atoms with Crippen LogP contribution in [0.5, 0.6) is 5.75 Å². The Bertz CT molecular complexity index is 574. The predicted octanol–water partition coefficient (Wildman–Crippen LogP) is 2.48. The summed E-state index contributed by atoms with van der Waals surface area (Å²) in [5, 5.41) is 11.7. The number of para-hydroxylation sites is 1. The number of anilines is 1. The van der Waals surface area contributed by atoms with E-state index in [9.17, 15) is 4.79 Å². The first-order valence-corrected chi connectivity index (χ1v) is 7.43. The first-order valence-electron chi connectivity index (χ1n) is 6.61. The van der Waals surface area contributed by atoms with E-state index in [4.69, 9.17) is 9.47 Å². The SMILES string of the molecule is CCOCc1nnc(NC(=O)[C@@H](C)Oc2ccccc2)s1. The molecule has 0 saturated carbocycles. The van der Waals surface area contributed by atoms with Crippen LogP contribution in [0, 0.1) is 0 Å². The third-order valence-electron chi connectivity index (χ3n) is 2.55. The maximum atomic E-state index is 12.0. The number of carbonyl (C=O) groups excluding carboxylic acids is 1. The average Bonchev–Trinajstić information content (AvgIpc) is 2.93. The van der Waals surface area contributed by atoms with Gasteiger partial charge in [0.1, 0.15) is 17.4 Å². The summed E-state index contributed by atoms with van der Waals surface area (Å²) in [5.74, 6) is 0.382. The van der Waals surface area contributed by atoms with Gasteiger partial charge in [0.2, 0.25) is 5.13 Å². The first kappa shape index (κ1) is 15.4. The highest BCUT2D eigenvalue weighted by Crippen LogP contribution is 2.17. The number of rotatable bonds is 7. The molecule has 21 heavy (non-hydrogen) atoms. The minimum absolute atomic E-state index is 0.266. The molecule has 0 bridgehead atoms. The number of hydrogen-bond acceptors (Lipinski definition) is 6. The fourth-order valence-electron chi connectivity index (χ4n) is 1.52. The molecule has 0 saturated heterocycles. The van der Waals surface area contributed by atoms with Crippen LogP contribution in [0.1, 0.15) is 18.9 Å². The molecule has 0 aliphatic carbocycles. The Labute approximate surface area is 127 Å². The van der Waals surface area contributed by atoms with E-state index in [1.165, 1.54) is 11.3 Å². The average molecular weight is 307 g/mol. The van der Waals surface area contributed by atoms with Crippen LogP contribution in [-0.4, -0.2) is 28.8 Å². The lowest BCUT2D eigenvalue weighted by Gasteiger charge is -2.13. The number of nitrogens with one attached hydrogen (secondary N) is 1. The highest BCUT2D eigenvalue weighted by Gasteiger charge is 2.16. The maximum absolute atomic E-state index is 12.0. The summed E-state index contributed by atoms with van der Waals surface area (Å²) in [4.78, 5) is 12.0. The normalized spacial score (nSPS) is 11.9. The van der Waals surface area contributed by atoms with E-state index in [-0.39, 0.29) is 5.91 Å². The van der Waals surface area contributed by atoms with E-state index in [1.54, 1.807) is 19.1 Å². The molecule has 1 amide bonds. The minimum atomic E-state index is -0.619. The molecule has 2 aromatic rings. The zero-order chi connectivity index (χ0) is 15.1. The Hall–Kier alpha value is -1.99. The molecule has 0 spiro atoms. The topological polar surface area (TPSA) is 73.3 Å². The lowest BCUT2D eigenvalue weighted by Crippen LogP contribution is -2.30. The smallest absolute Gasteiger partial charge is 0.266 e. The zero-order valence-electron chi connectivity index (χ0n) is 11.9. The molecular weight excluding hydrogens is 290 g/mol. The number of carbonyl (C=O) groups is 1. The Balaban J connectivity index is 1.87.